The molecule has 0 bridgehead atoms. The van der Waals surface area contributed by atoms with Gasteiger partial charge in [0.15, 0.2) is 0 Å². The number of hydrogen-bond acceptors (Lipinski definition) is 3. The molecule has 1 aliphatic rings. The minimum absolute atomic E-state index is 0.558. The SMILES string of the molecule is Cc1sc(CNC(C)C)cc1CN(C)C1CCCC(C)C1. The van der Waals surface area contributed by atoms with Gasteiger partial charge in [0.2, 0.25) is 0 Å². The van der Waals surface area contributed by atoms with Crippen LogP contribution < -0.4 is 5.32 Å². The number of nitrogens with one attached hydrogen (secondary N) is 1. The van der Waals surface area contributed by atoms with Crippen molar-refractivity contribution in [2.24, 2.45) is 5.92 Å². The van der Waals surface area contributed by atoms with E-state index in [2.05, 4.69) is 51.0 Å². The monoisotopic (exact) mass is 308 g/mol. The Labute approximate surface area is 134 Å². The largest absolute Gasteiger partial charge is 0.310 e. The van der Waals surface area contributed by atoms with Crippen LogP contribution in [0.2, 0.25) is 0 Å². The van der Waals surface area contributed by atoms with Crippen molar-refractivity contribution in [2.45, 2.75) is 78.6 Å². The third-order valence-corrected chi connectivity index (χ3v) is 5.80. The molecule has 0 radical (unpaired) electrons. The highest BCUT2D eigenvalue weighted by atomic mass is 32.1. The number of aryl methyl sites for hydroxylation is 1. The molecule has 1 saturated carbocycles. The second-order valence-corrected chi connectivity index (χ2v) is 8.51. The van der Waals surface area contributed by atoms with Crippen LogP contribution in [0.1, 0.15) is 61.8 Å². The van der Waals surface area contributed by atoms with E-state index in [0.717, 1.165) is 25.0 Å². The number of hydrogen-bond donors (Lipinski definition) is 1. The summed E-state index contributed by atoms with van der Waals surface area (Å²) in [5, 5.41) is 3.52. The molecule has 1 N–H and O–H groups in total. The second kappa shape index (κ2) is 7.75. The zero-order chi connectivity index (χ0) is 15.4. The van der Waals surface area contributed by atoms with E-state index in [1.165, 1.54) is 41.0 Å². The van der Waals surface area contributed by atoms with Crippen LogP contribution in [0, 0.1) is 12.8 Å². The summed E-state index contributed by atoms with van der Waals surface area (Å²) in [6.07, 6.45) is 5.59. The lowest BCUT2D eigenvalue weighted by Crippen LogP contribution is -2.35. The van der Waals surface area contributed by atoms with E-state index in [4.69, 9.17) is 0 Å². The van der Waals surface area contributed by atoms with Gasteiger partial charge in [0.25, 0.3) is 0 Å². The molecule has 0 spiro atoms. The van der Waals surface area contributed by atoms with Gasteiger partial charge in [-0.3, -0.25) is 4.90 Å². The first-order valence-electron chi connectivity index (χ1n) is 8.47. The smallest absolute Gasteiger partial charge is 0.0302 e. The lowest BCUT2D eigenvalue weighted by atomic mass is 9.86. The molecule has 1 aromatic heterocycles. The van der Waals surface area contributed by atoms with Crippen LogP contribution in [-0.4, -0.2) is 24.0 Å². The highest BCUT2D eigenvalue weighted by molar-refractivity contribution is 7.12. The Morgan fingerprint density at radius 2 is 2.14 bits per heavy atom. The molecule has 0 aromatic carbocycles. The van der Waals surface area contributed by atoms with Gasteiger partial charge in [-0.2, -0.15) is 0 Å². The Hall–Kier alpha value is -0.380. The van der Waals surface area contributed by atoms with E-state index in [0.29, 0.717) is 6.04 Å². The summed E-state index contributed by atoms with van der Waals surface area (Å²) in [4.78, 5) is 5.55. The molecule has 1 aromatic rings. The lowest BCUT2D eigenvalue weighted by molar-refractivity contribution is 0.157. The second-order valence-electron chi connectivity index (χ2n) is 7.17. The molecule has 2 unspecified atom stereocenters. The van der Waals surface area contributed by atoms with Gasteiger partial charge in [-0.15, -0.1) is 11.3 Å². The standard InChI is InChI=1S/C18H32N2S/c1-13(2)19-11-18-10-16(15(4)21-18)12-20(5)17-8-6-7-14(3)9-17/h10,13-14,17,19H,6-9,11-12H2,1-5H3. The van der Waals surface area contributed by atoms with Gasteiger partial charge >= 0.3 is 0 Å². The molecule has 3 heteroatoms. The summed E-state index contributed by atoms with van der Waals surface area (Å²) in [7, 11) is 2.31. The van der Waals surface area contributed by atoms with E-state index in [1.807, 2.05) is 11.3 Å². The van der Waals surface area contributed by atoms with Crippen LogP contribution in [-0.2, 0) is 13.1 Å². The van der Waals surface area contributed by atoms with Crippen molar-refractivity contribution in [3.05, 3.63) is 21.4 Å². The Balaban J connectivity index is 1.92. The van der Waals surface area contributed by atoms with E-state index in [-0.39, 0.29) is 0 Å². The van der Waals surface area contributed by atoms with Gasteiger partial charge in [0, 0.05) is 34.9 Å². The Kier molecular flexibility index (Phi) is 6.27. The molecule has 1 heterocycles. The molecule has 0 aliphatic heterocycles. The Morgan fingerprint density at radius 1 is 1.38 bits per heavy atom. The van der Waals surface area contributed by atoms with Crippen molar-refractivity contribution in [2.75, 3.05) is 7.05 Å². The van der Waals surface area contributed by atoms with Crippen molar-refractivity contribution < 1.29 is 0 Å². The summed E-state index contributed by atoms with van der Waals surface area (Å²) in [5.41, 5.74) is 1.53. The molecule has 2 rings (SSSR count). The summed E-state index contributed by atoms with van der Waals surface area (Å²) in [6, 6.07) is 3.76. The molecule has 1 fully saturated rings. The van der Waals surface area contributed by atoms with E-state index in [9.17, 15) is 0 Å². The molecule has 2 nitrogen and oxygen atoms in total. The fraction of sp³-hybridized carbons (Fsp3) is 0.778. The van der Waals surface area contributed by atoms with Gasteiger partial charge in [-0.25, -0.2) is 0 Å². The predicted molar refractivity (Wildman–Crippen MR) is 93.9 cm³/mol. The average molecular weight is 309 g/mol. The first-order chi connectivity index (χ1) is 9.95. The van der Waals surface area contributed by atoms with Crippen molar-refractivity contribution in [1.82, 2.24) is 10.2 Å². The maximum atomic E-state index is 3.52. The highest BCUT2D eigenvalue weighted by Crippen LogP contribution is 2.29. The maximum absolute atomic E-state index is 3.52. The molecular formula is C18H32N2S. The van der Waals surface area contributed by atoms with Crippen molar-refractivity contribution in [3.63, 3.8) is 0 Å². The van der Waals surface area contributed by atoms with Crippen molar-refractivity contribution >= 4 is 11.3 Å². The summed E-state index contributed by atoms with van der Waals surface area (Å²) in [5.74, 6) is 0.903. The molecule has 120 valence electrons. The van der Waals surface area contributed by atoms with Crippen molar-refractivity contribution in [3.8, 4) is 0 Å². The van der Waals surface area contributed by atoms with Crippen molar-refractivity contribution in [1.29, 1.82) is 0 Å². The molecular weight excluding hydrogens is 276 g/mol. The number of nitrogens with zero attached hydrogens (tertiary/aromatic N) is 1. The molecule has 0 amide bonds. The maximum Gasteiger partial charge on any atom is 0.0302 e. The summed E-state index contributed by atoms with van der Waals surface area (Å²) >= 11 is 1.96. The third-order valence-electron chi connectivity index (χ3n) is 4.71. The van der Waals surface area contributed by atoms with Crippen LogP contribution >= 0.6 is 11.3 Å². The van der Waals surface area contributed by atoms with E-state index >= 15 is 0 Å². The van der Waals surface area contributed by atoms with E-state index in [1.54, 1.807) is 0 Å². The minimum atomic E-state index is 0.558. The minimum Gasteiger partial charge on any atom is -0.310 e. The normalized spacial score (nSPS) is 23.2. The van der Waals surface area contributed by atoms with Crippen LogP contribution in [0.5, 0.6) is 0 Å². The molecule has 21 heavy (non-hydrogen) atoms. The van der Waals surface area contributed by atoms with Gasteiger partial charge in [-0.05, 0) is 44.4 Å². The topological polar surface area (TPSA) is 15.3 Å². The van der Waals surface area contributed by atoms with E-state index < -0.39 is 0 Å². The summed E-state index contributed by atoms with van der Waals surface area (Å²) < 4.78 is 0. The molecule has 2 atom stereocenters. The Bertz CT molecular complexity index is 438. The third kappa shape index (κ3) is 5.08. The number of thiophene rings is 1. The van der Waals surface area contributed by atoms with Crippen LogP contribution in [0.3, 0.4) is 0 Å². The zero-order valence-corrected chi connectivity index (χ0v) is 15.2. The van der Waals surface area contributed by atoms with Gasteiger partial charge in [0.05, 0.1) is 0 Å². The lowest BCUT2D eigenvalue weighted by Gasteiger charge is -2.34. The molecule has 0 saturated heterocycles. The Morgan fingerprint density at radius 3 is 2.81 bits per heavy atom. The quantitative estimate of drug-likeness (QED) is 0.828. The summed E-state index contributed by atoms with van der Waals surface area (Å²) in [6.45, 7) is 11.2. The van der Waals surface area contributed by atoms with Gasteiger partial charge in [0.1, 0.15) is 0 Å². The predicted octanol–water partition coefficient (Wildman–Crippen LogP) is 4.57. The van der Waals surface area contributed by atoms with Gasteiger partial charge in [-0.1, -0.05) is 33.6 Å². The van der Waals surface area contributed by atoms with Crippen LogP contribution in [0.25, 0.3) is 0 Å². The molecule has 1 aliphatic carbocycles. The number of rotatable bonds is 6. The average Bonchev–Trinajstić information content (AvgIpc) is 2.77. The zero-order valence-electron chi connectivity index (χ0n) is 14.4. The first-order valence-corrected chi connectivity index (χ1v) is 9.29. The van der Waals surface area contributed by atoms with Crippen LogP contribution in [0.4, 0.5) is 0 Å². The van der Waals surface area contributed by atoms with Gasteiger partial charge < -0.3 is 5.32 Å². The fourth-order valence-electron chi connectivity index (χ4n) is 3.34. The first kappa shape index (κ1) is 17.0. The highest BCUT2D eigenvalue weighted by Gasteiger charge is 2.23. The van der Waals surface area contributed by atoms with Crippen LogP contribution in [0.15, 0.2) is 6.07 Å². The fourth-order valence-corrected chi connectivity index (χ4v) is 4.34.